The lowest BCUT2D eigenvalue weighted by atomic mass is 10.00. The van der Waals surface area contributed by atoms with Gasteiger partial charge in [0.15, 0.2) is 0 Å². The summed E-state index contributed by atoms with van der Waals surface area (Å²) >= 11 is 0. The van der Waals surface area contributed by atoms with E-state index in [-0.39, 0.29) is 0 Å². The van der Waals surface area contributed by atoms with Crippen molar-refractivity contribution in [1.29, 1.82) is 0 Å². The quantitative estimate of drug-likeness (QED) is 0.381. The van der Waals surface area contributed by atoms with Crippen LogP contribution in [0.4, 0.5) is 0 Å². The maximum Gasteiger partial charge on any atom is 0.0482 e. The molecule has 0 aliphatic carbocycles. The Kier molecular flexibility index (Phi) is 5.50. The molecule has 3 aromatic carbocycles. The first-order valence-electron chi connectivity index (χ1n) is 10.9. The molecule has 150 valence electrons. The fraction of sp³-hybridized carbons (Fsp3) is 0.214. The number of rotatable bonds is 6. The van der Waals surface area contributed by atoms with Crippen LogP contribution in [0.15, 0.2) is 103 Å². The number of hydrogen-bond acceptors (Lipinski definition) is 1. The molecule has 1 aliphatic rings. The summed E-state index contributed by atoms with van der Waals surface area (Å²) in [5.74, 6) is 0. The zero-order valence-electron chi connectivity index (χ0n) is 17.3. The van der Waals surface area contributed by atoms with Gasteiger partial charge in [0, 0.05) is 43.5 Å². The van der Waals surface area contributed by atoms with E-state index in [1.807, 2.05) is 0 Å². The second kappa shape index (κ2) is 8.73. The van der Waals surface area contributed by atoms with Gasteiger partial charge in [-0.25, -0.2) is 0 Å². The first kappa shape index (κ1) is 18.9. The maximum atomic E-state index is 2.67. The Hall–Kier alpha value is -3.10. The number of nitrogens with zero attached hydrogens (tertiary/aromatic N) is 2. The Morgan fingerprint density at radius 1 is 0.667 bits per heavy atom. The summed E-state index contributed by atoms with van der Waals surface area (Å²) in [5.41, 5.74) is 6.89. The van der Waals surface area contributed by atoms with Crippen LogP contribution < -0.4 is 0 Å². The fourth-order valence-corrected chi connectivity index (χ4v) is 4.70. The van der Waals surface area contributed by atoms with E-state index in [4.69, 9.17) is 0 Å². The van der Waals surface area contributed by atoms with Gasteiger partial charge in [-0.1, -0.05) is 91.0 Å². The van der Waals surface area contributed by atoms with Gasteiger partial charge in [0.25, 0.3) is 0 Å². The average molecular weight is 393 g/mol. The summed E-state index contributed by atoms with van der Waals surface area (Å²) in [6.45, 7) is 3.07. The normalized spacial score (nSPS) is 15.8. The summed E-state index contributed by atoms with van der Waals surface area (Å²) in [5, 5.41) is 0. The molecule has 0 saturated carbocycles. The first-order valence-corrected chi connectivity index (χ1v) is 10.9. The van der Waals surface area contributed by atoms with Gasteiger partial charge in [0.05, 0.1) is 0 Å². The lowest BCUT2D eigenvalue weighted by Crippen LogP contribution is -2.39. The highest BCUT2D eigenvalue weighted by molar-refractivity contribution is 5.61. The summed E-state index contributed by atoms with van der Waals surface area (Å²) < 4.78 is 2.52. The van der Waals surface area contributed by atoms with Crippen molar-refractivity contribution < 1.29 is 0 Å². The minimum absolute atomic E-state index is 0.552. The molecule has 0 unspecified atom stereocenters. The average Bonchev–Trinajstić information content (AvgIpc) is 3.24. The number of benzene rings is 3. The van der Waals surface area contributed by atoms with Crippen LogP contribution in [0, 0.1) is 0 Å². The van der Waals surface area contributed by atoms with Crippen LogP contribution in [0.3, 0.4) is 0 Å². The molecule has 2 heterocycles. The molecule has 2 heteroatoms. The van der Waals surface area contributed by atoms with E-state index in [9.17, 15) is 0 Å². The predicted molar refractivity (Wildman–Crippen MR) is 124 cm³/mol. The molecule has 0 amide bonds. The van der Waals surface area contributed by atoms with Crippen LogP contribution in [0.1, 0.15) is 23.2 Å². The maximum absolute atomic E-state index is 2.67. The van der Waals surface area contributed by atoms with Crippen LogP contribution >= 0.6 is 0 Å². The summed E-state index contributed by atoms with van der Waals surface area (Å²) in [7, 11) is 0. The minimum Gasteiger partial charge on any atom is -0.345 e. The van der Waals surface area contributed by atoms with E-state index >= 15 is 0 Å². The summed E-state index contributed by atoms with van der Waals surface area (Å²) in [6.07, 6.45) is 2.29. The number of hydrogen-bond donors (Lipinski definition) is 0. The summed E-state index contributed by atoms with van der Waals surface area (Å²) in [6, 6.07) is 37.7. The molecule has 0 radical (unpaired) electrons. The number of aromatic nitrogens is 1. The third-order valence-electron chi connectivity index (χ3n) is 6.24. The first-order chi connectivity index (χ1) is 14.9. The van der Waals surface area contributed by atoms with Crippen LogP contribution in [-0.2, 0) is 26.1 Å². The molecule has 1 aromatic heterocycles. The molecule has 0 fully saturated rings. The second-order valence-corrected chi connectivity index (χ2v) is 8.25. The van der Waals surface area contributed by atoms with Crippen molar-refractivity contribution in [3.05, 3.63) is 120 Å². The van der Waals surface area contributed by atoms with Crippen LogP contribution in [0.2, 0.25) is 0 Å². The van der Waals surface area contributed by atoms with Gasteiger partial charge in [-0.05, 0) is 35.2 Å². The Morgan fingerprint density at radius 3 is 1.83 bits per heavy atom. The van der Waals surface area contributed by atoms with Crippen LogP contribution in [0.5, 0.6) is 0 Å². The molecule has 30 heavy (non-hydrogen) atoms. The molecule has 5 rings (SSSR count). The van der Waals surface area contributed by atoms with Crippen molar-refractivity contribution in [2.24, 2.45) is 0 Å². The predicted octanol–water partition coefficient (Wildman–Crippen LogP) is 6.17. The molecule has 0 spiro atoms. The van der Waals surface area contributed by atoms with Gasteiger partial charge in [0.1, 0.15) is 0 Å². The lowest BCUT2D eigenvalue weighted by Gasteiger charge is -2.36. The summed E-state index contributed by atoms with van der Waals surface area (Å²) in [4.78, 5) is 2.67. The Balaban J connectivity index is 1.39. The second-order valence-electron chi connectivity index (χ2n) is 8.25. The van der Waals surface area contributed by atoms with Gasteiger partial charge >= 0.3 is 0 Å². The topological polar surface area (TPSA) is 8.17 Å². The van der Waals surface area contributed by atoms with E-state index in [2.05, 4.69) is 113 Å². The minimum atomic E-state index is 0.552. The highest BCUT2D eigenvalue weighted by atomic mass is 15.2. The Bertz CT molecular complexity index is 1030. The van der Waals surface area contributed by atoms with Gasteiger partial charge < -0.3 is 4.57 Å². The van der Waals surface area contributed by atoms with Crippen molar-refractivity contribution in [1.82, 2.24) is 9.47 Å². The van der Waals surface area contributed by atoms with E-state index in [0.717, 1.165) is 26.1 Å². The van der Waals surface area contributed by atoms with Gasteiger partial charge in [-0.15, -0.1) is 0 Å². The monoisotopic (exact) mass is 392 g/mol. The molecule has 1 aliphatic heterocycles. The molecular formula is C28H28N2. The van der Waals surface area contributed by atoms with Gasteiger partial charge in [-0.3, -0.25) is 4.90 Å². The van der Waals surface area contributed by atoms with Crippen molar-refractivity contribution in [3.63, 3.8) is 0 Å². The highest BCUT2D eigenvalue weighted by Crippen LogP contribution is 2.30. The third-order valence-corrected chi connectivity index (χ3v) is 6.24. The zero-order chi connectivity index (χ0) is 20.2. The largest absolute Gasteiger partial charge is 0.345 e. The van der Waals surface area contributed by atoms with Crippen LogP contribution in [-0.4, -0.2) is 15.5 Å². The van der Waals surface area contributed by atoms with Crippen molar-refractivity contribution >= 4 is 0 Å². The molecule has 2 nitrogen and oxygen atoms in total. The van der Waals surface area contributed by atoms with E-state index in [1.165, 1.54) is 34.5 Å². The molecule has 0 saturated heterocycles. The van der Waals surface area contributed by atoms with Crippen molar-refractivity contribution in [2.45, 2.75) is 38.5 Å². The molecule has 1 atom stereocenters. The molecule has 0 bridgehead atoms. The molecule has 4 aromatic rings. The third kappa shape index (κ3) is 4.10. The highest BCUT2D eigenvalue weighted by Gasteiger charge is 2.26. The van der Waals surface area contributed by atoms with E-state index in [0.29, 0.717) is 6.04 Å². The lowest BCUT2D eigenvalue weighted by molar-refractivity contribution is 0.151. The smallest absolute Gasteiger partial charge is 0.0482 e. The Morgan fingerprint density at radius 2 is 1.23 bits per heavy atom. The molecular weight excluding hydrogens is 364 g/mol. The SMILES string of the molecule is c1ccc(CN(Cc2ccccc2)[C@@H]2CCn3c(ccc3-c3ccccc3)C2)cc1. The number of fused-ring (bicyclic) bond motifs is 1. The van der Waals surface area contributed by atoms with Crippen molar-refractivity contribution in [2.75, 3.05) is 0 Å². The fourth-order valence-electron chi connectivity index (χ4n) is 4.70. The van der Waals surface area contributed by atoms with E-state index in [1.54, 1.807) is 0 Å². The van der Waals surface area contributed by atoms with Crippen molar-refractivity contribution in [3.8, 4) is 11.3 Å². The Labute approximate surface area is 179 Å². The van der Waals surface area contributed by atoms with E-state index < -0.39 is 0 Å². The van der Waals surface area contributed by atoms with Gasteiger partial charge in [-0.2, -0.15) is 0 Å². The molecule has 0 N–H and O–H groups in total. The van der Waals surface area contributed by atoms with Gasteiger partial charge in [0.2, 0.25) is 0 Å². The van der Waals surface area contributed by atoms with Crippen LogP contribution in [0.25, 0.3) is 11.3 Å². The standard InChI is InChI=1S/C28H28N2/c1-4-10-23(11-5-1)21-29(22-24-12-6-2-7-13-24)26-18-19-30-27(20-26)16-17-28(30)25-14-8-3-9-15-25/h1-17,26H,18-22H2/t26-/m1/s1. The zero-order valence-corrected chi connectivity index (χ0v) is 17.3.